The monoisotopic (exact) mass is 577 g/mol. The first kappa shape index (κ1) is 27.1. The van der Waals surface area contributed by atoms with E-state index in [0.29, 0.717) is 17.1 Å². The zero-order valence-corrected chi connectivity index (χ0v) is 24.1. The van der Waals surface area contributed by atoms with Crippen LogP contribution in [-0.4, -0.2) is 36.6 Å². The van der Waals surface area contributed by atoms with Crippen LogP contribution in [0.1, 0.15) is 26.4 Å². The second-order valence-corrected chi connectivity index (χ2v) is 11.3. The van der Waals surface area contributed by atoms with Crippen LogP contribution in [0.25, 0.3) is 20.8 Å². The van der Waals surface area contributed by atoms with Gasteiger partial charge in [0.05, 0.1) is 24.4 Å². The molecule has 5 aromatic rings. The number of ether oxygens (including phenoxy) is 2. The van der Waals surface area contributed by atoms with Crippen molar-refractivity contribution in [2.45, 2.75) is 19.5 Å². The topological polar surface area (TPSA) is 63.7 Å². The van der Waals surface area contributed by atoms with E-state index in [1.807, 2.05) is 18.2 Å². The van der Waals surface area contributed by atoms with Crippen LogP contribution in [0.2, 0.25) is 0 Å². The molecule has 0 atom stereocenters. The SMILES string of the molecule is COc1ccc(C(=O)Nc2sc3c(c2-c2nc4ccccc4s2)CCN(Cc2ccccc2)C3)cc1OC.Cl. The Kier molecular flexibility index (Phi) is 8.18. The van der Waals surface area contributed by atoms with Crippen LogP contribution in [0, 0.1) is 0 Å². The van der Waals surface area contributed by atoms with Gasteiger partial charge in [0, 0.05) is 35.6 Å². The lowest BCUT2D eigenvalue weighted by Crippen LogP contribution is -2.29. The number of nitrogens with one attached hydrogen (secondary N) is 1. The van der Waals surface area contributed by atoms with Gasteiger partial charge >= 0.3 is 0 Å². The molecule has 0 fully saturated rings. The Hall–Kier alpha value is -3.43. The molecule has 9 heteroatoms. The maximum atomic E-state index is 13.4. The average molecular weight is 578 g/mol. The quantitative estimate of drug-likeness (QED) is 0.220. The zero-order valence-electron chi connectivity index (χ0n) is 21.6. The van der Waals surface area contributed by atoms with Crippen LogP contribution in [0.3, 0.4) is 0 Å². The number of hydrogen-bond acceptors (Lipinski definition) is 7. The van der Waals surface area contributed by atoms with Crippen LogP contribution in [0.5, 0.6) is 11.5 Å². The summed E-state index contributed by atoms with van der Waals surface area (Å²) >= 11 is 3.33. The van der Waals surface area contributed by atoms with Gasteiger partial charge in [0.15, 0.2) is 11.5 Å². The first-order chi connectivity index (χ1) is 18.6. The largest absolute Gasteiger partial charge is 0.493 e. The van der Waals surface area contributed by atoms with Gasteiger partial charge in [0.25, 0.3) is 5.91 Å². The van der Waals surface area contributed by atoms with Gasteiger partial charge in [-0.25, -0.2) is 4.98 Å². The van der Waals surface area contributed by atoms with Crippen molar-refractivity contribution in [3.8, 4) is 22.1 Å². The summed E-state index contributed by atoms with van der Waals surface area (Å²) in [7, 11) is 3.15. The number of anilines is 1. The molecule has 1 amide bonds. The number of aromatic nitrogens is 1. The predicted molar refractivity (Wildman–Crippen MR) is 162 cm³/mol. The minimum Gasteiger partial charge on any atom is -0.493 e. The summed E-state index contributed by atoms with van der Waals surface area (Å²) in [6, 6.07) is 24.0. The van der Waals surface area contributed by atoms with Gasteiger partial charge in [-0.2, -0.15) is 0 Å². The van der Waals surface area contributed by atoms with E-state index in [-0.39, 0.29) is 18.3 Å². The van der Waals surface area contributed by atoms with Crippen molar-refractivity contribution in [3.05, 3.63) is 94.4 Å². The van der Waals surface area contributed by atoms with Gasteiger partial charge in [0.2, 0.25) is 0 Å². The van der Waals surface area contributed by atoms with E-state index in [4.69, 9.17) is 14.5 Å². The first-order valence-electron chi connectivity index (χ1n) is 12.4. The van der Waals surface area contributed by atoms with E-state index >= 15 is 0 Å². The van der Waals surface area contributed by atoms with Crippen LogP contribution in [0.15, 0.2) is 72.8 Å². The Morgan fingerprint density at radius 2 is 1.74 bits per heavy atom. The van der Waals surface area contributed by atoms with Gasteiger partial charge in [-0.1, -0.05) is 42.5 Å². The summed E-state index contributed by atoms with van der Waals surface area (Å²) in [4.78, 5) is 22.1. The first-order valence-corrected chi connectivity index (χ1v) is 14.1. The third-order valence-electron chi connectivity index (χ3n) is 6.77. The molecule has 0 spiro atoms. The number of fused-ring (bicyclic) bond motifs is 2. The fourth-order valence-corrected chi connectivity index (χ4v) is 7.27. The molecular weight excluding hydrogens is 550 g/mol. The van der Waals surface area contributed by atoms with Gasteiger partial charge in [-0.15, -0.1) is 35.1 Å². The number of benzene rings is 3. The van der Waals surface area contributed by atoms with E-state index in [1.165, 1.54) is 16.0 Å². The van der Waals surface area contributed by atoms with Crippen LogP contribution in [0.4, 0.5) is 5.00 Å². The van der Waals surface area contributed by atoms with Crippen molar-refractivity contribution < 1.29 is 14.3 Å². The van der Waals surface area contributed by atoms with Gasteiger partial charge in [-0.05, 0) is 47.9 Å². The number of rotatable bonds is 7. The highest BCUT2D eigenvalue weighted by atomic mass is 35.5. The van der Waals surface area contributed by atoms with E-state index in [1.54, 1.807) is 55.1 Å². The average Bonchev–Trinajstić information content (AvgIpc) is 3.53. The van der Waals surface area contributed by atoms with Gasteiger partial charge < -0.3 is 14.8 Å². The summed E-state index contributed by atoms with van der Waals surface area (Å²) in [5.41, 5.74) is 5.14. The van der Waals surface area contributed by atoms with Gasteiger partial charge in [-0.3, -0.25) is 9.69 Å². The lowest BCUT2D eigenvalue weighted by Gasteiger charge is -2.27. The molecule has 0 unspecified atom stereocenters. The third-order valence-corrected chi connectivity index (χ3v) is 8.95. The van der Waals surface area contributed by atoms with E-state index in [9.17, 15) is 4.79 Å². The molecule has 0 bridgehead atoms. The smallest absolute Gasteiger partial charge is 0.256 e. The molecule has 0 aliphatic carbocycles. The lowest BCUT2D eigenvalue weighted by atomic mass is 10.0. The molecule has 2 aromatic heterocycles. The minimum absolute atomic E-state index is 0. The second kappa shape index (κ2) is 11.8. The fourth-order valence-electron chi connectivity index (χ4n) is 4.88. The van der Waals surface area contributed by atoms with Crippen molar-refractivity contribution in [3.63, 3.8) is 0 Å². The highest BCUT2D eigenvalue weighted by Crippen LogP contribution is 2.46. The molecular formula is C30H28ClN3O3S2. The number of thiophene rings is 1. The number of thiazole rings is 1. The van der Waals surface area contributed by atoms with Crippen molar-refractivity contribution in [1.82, 2.24) is 9.88 Å². The fraction of sp³-hybridized carbons (Fsp3) is 0.200. The van der Waals surface area contributed by atoms with E-state index in [0.717, 1.165) is 51.8 Å². The number of hydrogen-bond donors (Lipinski definition) is 1. The lowest BCUT2D eigenvalue weighted by molar-refractivity contribution is 0.102. The number of para-hydroxylation sites is 1. The molecule has 0 saturated heterocycles. The van der Waals surface area contributed by atoms with Crippen molar-refractivity contribution in [2.24, 2.45) is 0 Å². The number of amides is 1. The summed E-state index contributed by atoms with van der Waals surface area (Å²) in [5.74, 6) is 0.922. The number of carbonyl (C=O) groups is 1. The Balaban J connectivity index is 0.00000308. The molecule has 0 radical (unpaired) electrons. The van der Waals surface area contributed by atoms with Crippen LogP contribution in [-0.2, 0) is 19.5 Å². The zero-order chi connectivity index (χ0) is 26.1. The Morgan fingerprint density at radius 1 is 0.974 bits per heavy atom. The van der Waals surface area contributed by atoms with Gasteiger partial charge in [0.1, 0.15) is 10.0 Å². The molecule has 39 heavy (non-hydrogen) atoms. The summed E-state index contributed by atoms with van der Waals surface area (Å²) < 4.78 is 11.9. The number of methoxy groups -OCH3 is 2. The van der Waals surface area contributed by atoms with E-state index in [2.05, 4.69) is 46.6 Å². The maximum absolute atomic E-state index is 13.4. The van der Waals surface area contributed by atoms with Crippen LogP contribution < -0.4 is 14.8 Å². The molecule has 3 aromatic carbocycles. The predicted octanol–water partition coefficient (Wildman–Crippen LogP) is 7.27. The van der Waals surface area contributed by atoms with Crippen LogP contribution >= 0.6 is 35.1 Å². The maximum Gasteiger partial charge on any atom is 0.256 e. The minimum atomic E-state index is -0.187. The highest BCUT2D eigenvalue weighted by molar-refractivity contribution is 7.23. The second-order valence-electron chi connectivity index (χ2n) is 9.16. The number of nitrogens with zero attached hydrogens (tertiary/aromatic N) is 2. The molecule has 6 nitrogen and oxygen atoms in total. The Morgan fingerprint density at radius 3 is 2.51 bits per heavy atom. The van der Waals surface area contributed by atoms with Crippen molar-refractivity contribution in [2.75, 3.05) is 26.1 Å². The summed E-state index contributed by atoms with van der Waals surface area (Å²) in [6.07, 6.45) is 0.913. The number of carbonyl (C=O) groups excluding carboxylic acids is 1. The highest BCUT2D eigenvalue weighted by Gasteiger charge is 2.28. The number of halogens is 1. The standard InChI is InChI=1S/C30H27N3O3S2.ClH/c1-35-23-13-12-20(16-24(23)36-2)28(34)32-30-27(29-31-22-10-6-7-11-25(22)37-29)21-14-15-33(18-26(21)38-30)17-19-8-4-3-5-9-19;/h3-13,16H,14-15,17-18H2,1-2H3,(H,32,34);1H. The summed E-state index contributed by atoms with van der Waals surface area (Å²) in [6.45, 7) is 2.71. The van der Waals surface area contributed by atoms with Crippen molar-refractivity contribution in [1.29, 1.82) is 0 Å². The molecule has 1 N–H and O–H groups in total. The van der Waals surface area contributed by atoms with E-state index < -0.39 is 0 Å². The Bertz CT molecular complexity index is 1580. The Labute approximate surface area is 241 Å². The molecule has 1 aliphatic rings. The van der Waals surface area contributed by atoms with Crippen molar-refractivity contribution >= 4 is 56.2 Å². The summed E-state index contributed by atoms with van der Waals surface area (Å²) in [5, 5.41) is 5.00. The molecule has 3 heterocycles. The normalized spacial score (nSPS) is 13.0. The molecule has 1 aliphatic heterocycles. The third kappa shape index (κ3) is 5.51. The molecule has 0 saturated carbocycles. The molecule has 200 valence electrons. The molecule has 6 rings (SSSR count).